The molecule has 0 N–H and O–H groups in total. The molecule has 0 saturated carbocycles. The van der Waals surface area contributed by atoms with Gasteiger partial charge in [0, 0.05) is 37.2 Å². The smallest absolute Gasteiger partial charge is 0.243 e. The number of para-hydroxylation sites is 1. The third kappa shape index (κ3) is 3.93. The predicted octanol–water partition coefficient (Wildman–Crippen LogP) is 4.83. The molecule has 0 spiro atoms. The molecule has 5 nitrogen and oxygen atoms in total. The number of hydrogen-bond donors (Lipinski definition) is 0. The molecule has 2 aliphatic heterocycles. The van der Waals surface area contributed by atoms with E-state index in [2.05, 4.69) is 59.1 Å². The van der Waals surface area contributed by atoms with Crippen molar-refractivity contribution >= 4 is 44.5 Å². The zero-order valence-electron chi connectivity index (χ0n) is 18.8. The normalized spacial score (nSPS) is 18.1. The van der Waals surface area contributed by atoms with Crippen LogP contribution in [0.3, 0.4) is 0 Å². The highest BCUT2D eigenvalue weighted by Gasteiger charge is 2.29. The number of nitrogens with zero attached hydrogens (tertiary/aromatic N) is 3. The number of piperidine rings is 1. The summed E-state index contributed by atoms with van der Waals surface area (Å²) in [6, 6.07) is 16.0. The first-order chi connectivity index (χ1) is 14.9. The van der Waals surface area contributed by atoms with Crippen LogP contribution in [0.15, 0.2) is 69.5 Å². The van der Waals surface area contributed by atoms with Crippen LogP contribution in [-0.2, 0) is 17.1 Å². The molecule has 1 aromatic heterocycles. The van der Waals surface area contributed by atoms with Crippen molar-refractivity contribution < 1.29 is 13.0 Å². The van der Waals surface area contributed by atoms with Crippen LogP contribution >= 0.6 is 11.8 Å². The summed E-state index contributed by atoms with van der Waals surface area (Å²) >= 11 is 1.63. The fraction of sp³-hybridized carbons (Fsp3) is 0.280. The Bertz CT molecular complexity index is 1300. The average molecular weight is 468 g/mol. The molecule has 0 radical (unpaired) electrons. The minimum absolute atomic E-state index is 0. The van der Waals surface area contributed by atoms with Crippen LogP contribution in [0.2, 0.25) is 0 Å². The zero-order valence-corrected chi connectivity index (χ0v) is 20.4. The Kier molecular flexibility index (Phi) is 6.34. The topological polar surface area (TPSA) is 44.5 Å². The highest BCUT2D eigenvalue weighted by Crippen LogP contribution is 2.47. The molecule has 0 aliphatic carbocycles. The van der Waals surface area contributed by atoms with Gasteiger partial charge in [-0.3, -0.25) is 0 Å². The van der Waals surface area contributed by atoms with E-state index in [4.69, 9.17) is 0 Å². The van der Waals surface area contributed by atoms with E-state index in [1.54, 1.807) is 22.1 Å². The molecule has 2 aliphatic rings. The highest BCUT2D eigenvalue weighted by atomic mass is 32.2. The van der Waals surface area contributed by atoms with Gasteiger partial charge in [-0.2, -0.15) is 4.31 Å². The molecule has 1 saturated heterocycles. The average Bonchev–Trinajstić information content (AvgIpc) is 3.11. The molecule has 0 bridgehead atoms. The van der Waals surface area contributed by atoms with Crippen LogP contribution in [-0.4, -0.2) is 32.9 Å². The lowest BCUT2D eigenvalue weighted by Gasteiger charge is -2.26. The van der Waals surface area contributed by atoms with Gasteiger partial charge in [-0.1, -0.05) is 30.3 Å². The first-order valence-corrected chi connectivity index (χ1v) is 12.9. The number of pyridine rings is 1. The lowest BCUT2D eigenvalue weighted by atomic mass is 10.1. The maximum atomic E-state index is 13.1. The van der Waals surface area contributed by atoms with E-state index in [9.17, 15) is 8.42 Å². The fourth-order valence-electron chi connectivity index (χ4n) is 4.34. The van der Waals surface area contributed by atoms with Gasteiger partial charge in [0.25, 0.3) is 0 Å². The van der Waals surface area contributed by atoms with Gasteiger partial charge in [0.05, 0.1) is 21.0 Å². The van der Waals surface area contributed by atoms with Crippen LogP contribution in [0.1, 0.15) is 24.8 Å². The third-order valence-corrected chi connectivity index (χ3v) is 9.18. The Morgan fingerprint density at radius 1 is 1.03 bits per heavy atom. The SMILES string of the molecule is CN1C(=Cc2cc[n+](C)c3ccccc23)Sc2cc(S(=O)(=O)N3CCCCC3)ccc21.[CH3-]. The van der Waals surface area contributed by atoms with Crippen molar-refractivity contribution in [3.8, 4) is 0 Å². The summed E-state index contributed by atoms with van der Waals surface area (Å²) in [5, 5.41) is 2.28. The summed E-state index contributed by atoms with van der Waals surface area (Å²) < 4.78 is 30.0. The van der Waals surface area contributed by atoms with Crippen molar-refractivity contribution in [3.63, 3.8) is 0 Å². The minimum atomic E-state index is -3.43. The summed E-state index contributed by atoms with van der Waals surface area (Å²) in [5.41, 5.74) is 3.37. The van der Waals surface area contributed by atoms with E-state index < -0.39 is 10.0 Å². The summed E-state index contributed by atoms with van der Waals surface area (Å²) in [7, 11) is 0.656. The largest absolute Gasteiger partial charge is 0.358 e. The van der Waals surface area contributed by atoms with E-state index in [0.29, 0.717) is 18.0 Å². The predicted molar refractivity (Wildman–Crippen MR) is 133 cm³/mol. The molecule has 3 heterocycles. The Hall–Kier alpha value is -2.35. The summed E-state index contributed by atoms with van der Waals surface area (Å²) in [4.78, 5) is 3.52. The van der Waals surface area contributed by atoms with Gasteiger partial charge in [0.1, 0.15) is 7.05 Å². The number of anilines is 1. The quantitative estimate of drug-likeness (QED) is 0.409. The number of benzene rings is 2. The number of aryl methyl sites for hydroxylation is 1. The maximum absolute atomic E-state index is 13.1. The van der Waals surface area contributed by atoms with Gasteiger partial charge in [-0.15, -0.1) is 0 Å². The lowest BCUT2D eigenvalue weighted by Crippen LogP contribution is -2.35. The molecular formula is C25H29N3O2S2. The first-order valence-electron chi connectivity index (χ1n) is 10.6. The number of hydrogen-bond acceptors (Lipinski definition) is 4. The highest BCUT2D eigenvalue weighted by molar-refractivity contribution is 8.04. The van der Waals surface area contributed by atoms with Crippen LogP contribution in [0, 0.1) is 7.43 Å². The standard InChI is InChI=1S/C24H26N3O2S2.CH3/c1-25-15-12-18(20-8-4-5-9-21(20)25)16-24-26(2)22-11-10-19(17-23(22)30-24)31(28,29)27-13-6-3-7-14-27;/h4-5,8-12,15-17H,3,6-7,13-14H2,1-2H3;1H3/q+1;-1. The molecule has 5 rings (SSSR count). The Labute approximate surface area is 195 Å². The van der Waals surface area contributed by atoms with Gasteiger partial charge < -0.3 is 12.3 Å². The summed E-state index contributed by atoms with van der Waals surface area (Å²) in [6.45, 7) is 1.24. The Balaban J connectivity index is 0.00000245. The summed E-state index contributed by atoms with van der Waals surface area (Å²) in [6.07, 6.45) is 7.25. The van der Waals surface area contributed by atoms with E-state index in [0.717, 1.165) is 40.4 Å². The molecule has 0 atom stereocenters. The number of aromatic nitrogens is 1. The van der Waals surface area contributed by atoms with Crippen LogP contribution in [0.5, 0.6) is 0 Å². The van der Waals surface area contributed by atoms with E-state index >= 15 is 0 Å². The number of rotatable bonds is 3. The van der Waals surface area contributed by atoms with Gasteiger partial charge in [-0.05, 0) is 48.7 Å². The van der Waals surface area contributed by atoms with Crippen molar-refractivity contribution in [1.29, 1.82) is 0 Å². The van der Waals surface area contributed by atoms with Gasteiger partial charge in [0.2, 0.25) is 15.5 Å². The van der Waals surface area contributed by atoms with Gasteiger partial charge in [-0.25, -0.2) is 13.0 Å². The van der Waals surface area contributed by atoms with Crippen LogP contribution in [0.4, 0.5) is 5.69 Å². The van der Waals surface area contributed by atoms with Crippen molar-refractivity contribution in [3.05, 3.63) is 72.7 Å². The van der Waals surface area contributed by atoms with Crippen molar-refractivity contribution in [2.45, 2.75) is 29.1 Å². The number of fused-ring (bicyclic) bond motifs is 2. The van der Waals surface area contributed by atoms with E-state index in [1.165, 1.54) is 10.9 Å². The Morgan fingerprint density at radius 3 is 2.56 bits per heavy atom. The molecule has 0 unspecified atom stereocenters. The number of thioether (sulfide) groups is 1. The molecule has 7 heteroatoms. The second-order valence-corrected chi connectivity index (χ2v) is 11.1. The van der Waals surface area contributed by atoms with Gasteiger partial charge in [0.15, 0.2) is 6.20 Å². The van der Waals surface area contributed by atoms with E-state index in [1.807, 2.05) is 19.2 Å². The Morgan fingerprint density at radius 2 is 1.78 bits per heavy atom. The molecule has 3 aromatic rings. The molecule has 1 fully saturated rings. The molecular weight excluding hydrogens is 438 g/mol. The van der Waals surface area contributed by atoms with Crippen molar-refractivity contribution in [2.75, 3.05) is 25.0 Å². The monoisotopic (exact) mass is 467 g/mol. The van der Waals surface area contributed by atoms with Crippen LogP contribution < -0.4 is 9.47 Å². The first kappa shape index (κ1) is 22.8. The molecule has 0 amide bonds. The summed E-state index contributed by atoms with van der Waals surface area (Å²) in [5.74, 6) is 0. The second kappa shape index (κ2) is 8.89. The second-order valence-electron chi connectivity index (χ2n) is 8.14. The number of sulfonamides is 1. The fourth-order valence-corrected chi connectivity index (χ4v) is 7.10. The van der Waals surface area contributed by atoms with Crippen LogP contribution in [0.25, 0.3) is 17.0 Å². The maximum Gasteiger partial charge on any atom is 0.243 e. The van der Waals surface area contributed by atoms with Crippen molar-refractivity contribution in [2.24, 2.45) is 7.05 Å². The minimum Gasteiger partial charge on any atom is -0.358 e. The lowest BCUT2D eigenvalue weighted by molar-refractivity contribution is -0.644. The zero-order chi connectivity index (χ0) is 21.6. The van der Waals surface area contributed by atoms with Gasteiger partial charge >= 0.3 is 0 Å². The third-order valence-electron chi connectivity index (χ3n) is 6.14. The molecule has 32 heavy (non-hydrogen) atoms. The molecule has 168 valence electrons. The van der Waals surface area contributed by atoms with E-state index in [-0.39, 0.29) is 7.43 Å². The molecule has 2 aromatic carbocycles. The van der Waals surface area contributed by atoms with Crippen molar-refractivity contribution in [1.82, 2.24) is 4.31 Å².